The van der Waals surface area contributed by atoms with E-state index in [1.165, 1.54) is 23.6 Å². The summed E-state index contributed by atoms with van der Waals surface area (Å²) in [5, 5.41) is 8.58. The molecule has 0 fully saturated rings. The molecule has 0 aliphatic carbocycles. The summed E-state index contributed by atoms with van der Waals surface area (Å²) in [5.41, 5.74) is 0.798. The monoisotopic (exact) mass is 466 g/mol. The Kier molecular flexibility index (Phi) is 7.91. The summed E-state index contributed by atoms with van der Waals surface area (Å²) < 4.78 is 5.37. The second-order valence-corrected chi connectivity index (χ2v) is 8.67. The molecule has 0 bridgehead atoms. The average molecular weight is 467 g/mol. The minimum absolute atomic E-state index is 0.0679. The van der Waals surface area contributed by atoms with E-state index in [1.54, 1.807) is 6.07 Å². The number of rotatable bonds is 7. The van der Waals surface area contributed by atoms with Crippen molar-refractivity contribution in [1.82, 2.24) is 25.5 Å². The van der Waals surface area contributed by atoms with Gasteiger partial charge in [0.2, 0.25) is 0 Å². The third-order valence-corrected chi connectivity index (χ3v) is 5.67. The second kappa shape index (κ2) is 10.6. The van der Waals surface area contributed by atoms with Crippen molar-refractivity contribution in [3.05, 3.63) is 38.9 Å². The fourth-order valence-electron chi connectivity index (χ4n) is 2.89. The number of likely N-dealkylation sites (N-methyl/N-ethyl adjacent to an activating group) is 1. The standard InChI is InChI=1S/C19H23ClN6O4S/c1-26(2)9-12(23-18(29)19-24-13-10-30-6-5-14(13)31-19)8-22-16(27)17(28)25-15-4-3-11(20)7-21-15/h3-4,7,12H,5-6,8-10H2,1-2H3,(H,22,27)(H,23,29)(H,21,25,28)/t12-/m0/s1. The number of halogens is 1. The van der Waals surface area contributed by atoms with Crippen molar-refractivity contribution >= 4 is 46.5 Å². The molecule has 0 aromatic carbocycles. The summed E-state index contributed by atoms with van der Waals surface area (Å²) in [4.78, 5) is 48.1. The number of pyridine rings is 1. The lowest BCUT2D eigenvalue weighted by molar-refractivity contribution is -0.136. The topological polar surface area (TPSA) is 126 Å². The van der Waals surface area contributed by atoms with E-state index in [0.717, 1.165) is 17.0 Å². The number of carbonyl (C=O) groups excluding carboxylic acids is 3. The van der Waals surface area contributed by atoms with Crippen molar-refractivity contribution in [2.75, 3.05) is 39.1 Å². The first kappa shape index (κ1) is 23.1. The van der Waals surface area contributed by atoms with Gasteiger partial charge in [0.25, 0.3) is 5.91 Å². The Balaban J connectivity index is 1.55. The van der Waals surface area contributed by atoms with E-state index in [9.17, 15) is 14.4 Å². The number of amides is 3. The van der Waals surface area contributed by atoms with Crippen LogP contribution in [0.15, 0.2) is 18.3 Å². The molecule has 1 aliphatic rings. The molecule has 1 atom stereocenters. The zero-order valence-corrected chi connectivity index (χ0v) is 18.7. The van der Waals surface area contributed by atoms with Crippen LogP contribution in [0.4, 0.5) is 5.82 Å². The fraction of sp³-hybridized carbons (Fsp3) is 0.421. The molecule has 3 amide bonds. The maximum atomic E-state index is 12.7. The molecule has 0 saturated carbocycles. The third kappa shape index (κ3) is 6.69. The van der Waals surface area contributed by atoms with Gasteiger partial charge in [-0.3, -0.25) is 14.4 Å². The van der Waals surface area contributed by atoms with Crippen LogP contribution in [-0.4, -0.2) is 72.4 Å². The van der Waals surface area contributed by atoms with E-state index in [-0.39, 0.29) is 18.3 Å². The Bertz CT molecular complexity index is 926. The number of hydrogen-bond donors (Lipinski definition) is 3. The minimum atomic E-state index is -0.864. The number of nitrogens with one attached hydrogen (secondary N) is 3. The molecular formula is C19H23ClN6O4S. The highest BCUT2D eigenvalue weighted by molar-refractivity contribution is 7.13. The first-order valence-electron chi connectivity index (χ1n) is 9.54. The van der Waals surface area contributed by atoms with Crippen LogP contribution in [0, 0.1) is 0 Å². The number of anilines is 1. The molecule has 31 heavy (non-hydrogen) atoms. The predicted octanol–water partition coefficient (Wildman–Crippen LogP) is 0.679. The predicted molar refractivity (Wildman–Crippen MR) is 116 cm³/mol. The number of carbonyl (C=O) groups is 3. The van der Waals surface area contributed by atoms with E-state index in [0.29, 0.717) is 29.8 Å². The van der Waals surface area contributed by atoms with Gasteiger partial charge in [0, 0.05) is 30.6 Å². The number of aromatic nitrogens is 2. The van der Waals surface area contributed by atoms with Crippen molar-refractivity contribution in [1.29, 1.82) is 0 Å². The molecule has 0 unspecified atom stereocenters. The smallest absolute Gasteiger partial charge is 0.314 e. The lowest BCUT2D eigenvalue weighted by Crippen LogP contribution is -2.50. The molecule has 0 spiro atoms. The van der Waals surface area contributed by atoms with Crippen LogP contribution in [0.5, 0.6) is 0 Å². The Morgan fingerprint density at radius 1 is 1.29 bits per heavy atom. The summed E-state index contributed by atoms with van der Waals surface area (Å²) in [6.45, 7) is 1.56. The van der Waals surface area contributed by atoms with Crippen LogP contribution in [0.3, 0.4) is 0 Å². The van der Waals surface area contributed by atoms with Crippen LogP contribution in [-0.2, 0) is 27.4 Å². The number of nitrogens with zero attached hydrogens (tertiary/aromatic N) is 3. The number of fused-ring (bicyclic) bond motifs is 1. The summed E-state index contributed by atoms with van der Waals surface area (Å²) in [5.74, 6) is -1.82. The highest BCUT2D eigenvalue weighted by Gasteiger charge is 2.23. The van der Waals surface area contributed by atoms with Crippen molar-refractivity contribution in [2.45, 2.75) is 19.1 Å². The van der Waals surface area contributed by atoms with Gasteiger partial charge in [0.1, 0.15) is 5.82 Å². The van der Waals surface area contributed by atoms with Gasteiger partial charge in [0.05, 0.1) is 30.0 Å². The van der Waals surface area contributed by atoms with Gasteiger partial charge in [-0.05, 0) is 26.2 Å². The normalized spacial score (nSPS) is 13.9. The third-order valence-electron chi connectivity index (χ3n) is 4.29. The quantitative estimate of drug-likeness (QED) is 0.512. The molecular weight excluding hydrogens is 444 g/mol. The molecule has 3 heterocycles. The number of ether oxygens (including phenoxy) is 1. The van der Waals surface area contributed by atoms with Crippen LogP contribution >= 0.6 is 22.9 Å². The van der Waals surface area contributed by atoms with Crippen LogP contribution in [0.2, 0.25) is 5.02 Å². The molecule has 2 aromatic heterocycles. The van der Waals surface area contributed by atoms with E-state index < -0.39 is 17.9 Å². The average Bonchev–Trinajstić information content (AvgIpc) is 3.17. The van der Waals surface area contributed by atoms with Gasteiger partial charge in [-0.2, -0.15) is 0 Å². The molecule has 10 nitrogen and oxygen atoms in total. The first-order valence-corrected chi connectivity index (χ1v) is 10.7. The summed E-state index contributed by atoms with van der Waals surface area (Å²) in [6, 6.07) is 2.61. The van der Waals surface area contributed by atoms with Gasteiger partial charge in [0.15, 0.2) is 5.01 Å². The fourth-order valence-corrected chi connectivity index (χ4v) is 3.95. The molecule has 166 valence electrons. The van der Waals surface area contributed by atoms with Crippen LogP contribution in [0.1, 0.15) is 20.4 Å². The lowest BCUT2D eigenvalue weighted by Gasteiger charge is -2.22. The summed E-state index contributed by atoms with van der Waals surface area (Å²) in [7, 11) is 3.69. The number of thiazole rings is 1. The highest BCUT2D eigenvalue weighted by Crippen LogP contribution is 2.23. The molecule has 12 heteroatoms. The maximum Gasteiger partial charge on any atom is 0.314 e. The van der Waals surface area contributed by atoms with E-state index in [2.05, 4.69) is 25.9 Å². The van der Waals surface area contributed by atoms with Gasteiger partial charge in [-0.15, -0.1) is 11.3 Å². The van der Waals surface area contributed by atoms with Gasteiger partial charge in [-0.1, -0.05) is 11.6 Å². The summed E-state index contributed by atoms with van der Waals surface area (Å²) >= 11 is 7.10. The molecule has 2 aromatic rings. The molecule has 0 radical (unpaired) electrons. The molecule has 3 rings (SSSR count). The van der Waals surface area contributed by atoms with Gasteiger partial charge >= 0.3 is 11.8 Å². The van der Waals surface area contributed by atoms with Gasteiger partial charge < -0.3 is 25.6 Å². The van der Waals surface area contributed by atoms with Crippen molar-refractivity contribution < 1.29 is 19.1 Å². The highest BCUT2D eigenvalue weighted by atomic mass is 35.5. The SMILES string of the molecule is CN(C)C[C@H](CNC(=O)C(=O)Nc1ccc(Cl)cn1)NC(=O)c1nc2c(s1)CCOC2. The van der Waals surface area contributed by atoms with Crippen molar-refractivity contribution in [3.8, 4) is 0 Å². The summed E-state index contributed by atoms with van der Waals surface area (Å²) in [6.07, 6.45) is 2.11. The Morgan fingerprint density at radius 2 is 2.10 bits per heavy atom. The van der Waals surface area contributed by atoms with Crippen molar-refractivity contribution in [2.24, 2.45) is 0 Å². The Morgan fingerprint density at radius 3 is 2.77 bits per heavy atom. The molecule has 3 N–H and O–H groups in total. The molecule has 1 aliphatic heterocycles. The largest absolute Gasteiger partial charge is 0.375 e. The van der Waals surface area contributed by atoms with E-state index >= 15 is 0 Å². The minimum Gasteiger partial charge on any atom is -0.375 e. The Labute approximate surface area is 188 Å². The molecule has 0 saturated heterocycles. The van der Waals surface area contributed by atoms with E-state index in [4.69, 9.17) is 16.3 Å². The van der Waals surface area contributed by atoms with Crippen LogP contribution < -0.4 is 16.0 Å². The lowest BCUT2D eigenvalue weighted by atomic mass is 10.2. The first-order chi connectivity index (χ1) is 14.8. The number of hydrogen-bond acceptors (Lipinski definition) is 8. The second-order valence-electron chi connectivity index (χ2n) is 7.15. The zero-order chi connectivity index (χ0) is 22.4. The van der Waals surface area contributed by atoms with Crippen molar-refractivity contribution in [3.63, 3.8) is 0 Å². The maximum absolute atomic E-state index is 12.7. The Hall–Kier alpha value is -2.60. The zero-order valence-electron chi connectivity index (χ0n) is 17.1. The van der Waals surface area contributed by atoms with Crippen LogP contribution in [0.25, 0.3) is 0 Å². The van der Waals surface area contributed by atoms with Gasteiger partial charge in [-0.25, -0.2) is 9.97 Å². The van der Waals surface area contributed by atoms with E-state index in [1.807, 2.05) is 19.0 Å².